The van der Waals surface area contributed by atoms with E-state index in [1.54, 1.807) is 0 Å². The van der Waals surface area contributed by atoms with Crippen molar-refractivity contribution in [2.45, 2.75) is 89.9 Å². The molecule has 7 heteroatoms. The number of hydrogen-bond acceptors (Lipinski definition) is 7. The standard InChI is InChI=1S/C24H36O7/c1-13(25)31-20(21(28)30-4)24(29)10-8-17-16-6-5-14-11-15(26)7-9-22(14,2)19(16)18(27)12-23(17,24)3/h14-17,19-20,26,29H,5-12H2,1-4H3/t14-,15-,16+,17-,19-,20-,22+,23+,24+/m1/s1. The van der Waals surface area contributed by atoms with E-state index in [0.717, 1.165) is 32.1 Å². The van der Waals surface area contributed by atoms with Crippen molar-refractivity contribution in [3.63, 3.8) is 0 Å². The second-order valence-corrected chi connectivity index (χ2v) is 11.0. The van der Waals surface area contributed by atoms with Gasteiger partial charge < -0.3 is 19.7 Å². The molecular weight excluding hydrogens is 400 g/mol. The first kappa shape index (κ1) is 22.7. The number of ketones is 1. The van der Waals surface area contributed by atoms with Gasteiger partial charge in [0, 0.05) is 24.7 Å². The number of aliphatic hydroxyl groups excluding tert-OH is 1. The Balaban J connectivity index is 1.69. The molecule has 0 bridgehead atoms. The van der Waals surface area contributed by atoms with Crippen LogP contribution in [-0.4, -0.2) is 52.9 Å². The molecule has 4 rings (SSSR count). The molecule has 9 atom stereocenters. The number of ether oxygens (including phenoxy) is 2. The van der Waals surface area contributed by atoms with E-state index in [1.807, 2.05) is 6.92 Å². The van der Waals surface area contributed by atoms with Gasteiger partial charge in [0.15, 0.2) is 0 Å². The summed E-state index contributed by atoms with van der Waals surface area (Å²) in [6.45, 7) is 5.31. The maximum Gasteiger partial charge on any atom is 0.350 e. The van der Waals surface area contributed by atoms with Gasteiger partial charge in [-0.2, -0.15) is 0 Å². The molecule has 0 aromatic heterocycles. The Kier molecular flexibility index (Phi) is 5.53. The predicted molar refractivity (Wildman–Crippen MR) is 111 cm³/mol. The summed E-state index contributed by atoms with van der Waals surface area (Å²) >= 11 is 0. The molecular formula is C24H36O7. The molecule has 2 N–H and O–H groups in total. The van der Waals surface area contributed by atoms with Gasteiger partial charge in [0.05, 0.1) is 13.2 Å². The van der Waals surface area contributed by atoms with E-state index in [1.165, 1.54) is 14.0 Å². The highest BCUT2D eigenvalue weighted by Crippen LogP contribution is 2.68. The first-order valence-electron chi connectivity index (χ1n) is 11.7. The zero-order valence-electron chi connectivity index (χ0n) is 19.1. The highest BCUT2D eigenvalue weighted by atomic mass is 16.6. The highest BCUT2D eigenvalue weighted by molar-refractivity contribution is 5.85. The van der Waals surface area contributed by atoms with Crippen LogP contribution in [0, 0.1) is 34.5 Å². The van der Waals surface area contributed by atoms with Crippen LogP contribution in [0.2, 0.25) is 0 Å². The van der Waals surface area contributed by atoms with Crippen LogP contribution in [0.15, 0.2) is 0 Å². The minimum atomic E-state index is -1.64. The van der Waals surface area contributed by atoms with E-state index in [2.05, 4.69) is 6.92 Å². The van der Waals surface area contributed by atoms with Gasteiger partial charge >= 0.3 is 11.9 Å². The Bertz CT molecular complexity index is 780. The van der Waals surface area contributed by atoms with Gasteiger partial charge in [-0.05, 0) is 68.1 Å². The van der Waals surface area contributed by atoms with E-state index in [9.17, 15) is 24.6 Å². The number of Topliss-reactive ketones (excluding diaryl/α,β-unsaturated/α-hetero) is 1. The van der Waals surface area contributed by atoms with E-state index < -0.39 is 29.1 Å². The second kappa shape index (κ2) is 7.55. The molecule has 0 unspecified atom stereocenters. The number of aliphatic hydroxyl groups is 2. The van der Waals surface area contributed by atoms with E-state index in [4.69, 9.17) is 9.47 Å². The summed E-state index contributed by atoms with van der Waals surface area (Å²) in [5.41, 5.74) is -2.63. The van der Waals surface area contributed by atoms with Crippen molar-refractivity contribution in [1.29, 1.82) is 0 Å². The number of carbonyl (C=O) groups is 3. The summed E-state index contributed by atoms with van der Waals surface area (Å²) < 4.78 is 10.2. The predicted octanol–water partition coefficient (Wildman–Crippen LogP) is 2.40. The van der Waals surface area contributed by atoms with Crippen LogP contribution >= 0.6 is 0 Å². The van der Waals surface area contributed by atoms with Crippen LogP contribution in [-0.2, 0) is 23.9 Å². The third-order valence-electron chi connectivity index (χ3n) is 9.67. The van der Waals surface area contributed by atoms with Gasteiger partial charge in [-0.25, -0.2) is 4.79 Å². The lowest BCUT2D eigenvalue weighted by atomic mass is 9.44. The van der Waals surface area contributed by atoms with E-state index in [-0.39, 0.29) is 47.9 Å². The molecule has 4 saturated carbocycles. The number of methoxy groups -OCH3 is 1. The molecule has 174 valence electrons. The van der Waals surface area contributed by atoms with Crippen LogP contribution in [0.4, 0.5) is 0 Å². The van der Waals surface area contributed by atoms with Crippen LogP contribution in [0.5, 0.6) is 0 Å². The first-order valence-corrected chi connectivity index (χ1v) is 11.7. The molecule has 0 aliphatic heterocycles. The van der Waals surface area contributed by atoms with Gasteiger partial charge in [-0.3, -0.25) is 9.59 Å². The molecule has 7 nitrogen and oxygen atoms in total. The molecule has 4 fully saturated rings. The summed E-state index contributed by atoms with van der Waals surface area (Å²) in [4.78, 5) is 37.9. The molecule has 0 radical (unpaired) electrons. The number of carbonyl (C=O) groups excluding carboxylic acids is 3. The van der Waals surface area contributed by atoms with Crippen molar-refractivity contribution < 1.29 is 34.1 Å². The van der Waals surface area contributed by atoms with Gasteiger partial charge in [-0.15, -0.1) is 0 Å². The van der Waals surface area contributed by atoms with Crippen molar-refractivity contribution in [3.05, 3.63) is 0 Å². The topological polar surface area (TPSA) is 110 Å². The Labute approximate surface area is 183 Å². The van der Waals surface area contributed by atoms with Crippen LogP contribution in [0.3, 0.4) is 0 Å². The Morgan fingerprint density at radius 3 is 2.48 bits per heavy atom. The third kappa shape index (κ3) is 3.17. The average Bonchev–Trinajstić information content (AvgIpc) is 2.97. The monoisotopic (exact) mass is 436 g/mol. The van der Waals surface area contributed by atoms with Crippen molar-refractivity contribution in [1.82, 2.24) is 0 Å². The zero-order valence-corrected chi connectivity index (χ0v) is 19.1. The smallest absolute Gasteiger partial charge is 0.350 e. The quantitative estimate of drug-likeness (QED) is 0.654. The lowest BCUT2D eigenvalue weighted by Gasteiger charge is -2.60. The number of esters is 2. The fourth-order valence-electron chi connectivity index (χ4n) is 8.13. The zero-order chi connectivity index (χ0) is 22.8. The number of hydrogen-bond donors (Lipinski definition) is 2. The summed E-state index contributed by atoms with van der Waals surface area (Å²) in [5.74, 6) is -0.853. The summed E-state index contributed by atoms with van der Waals surface area (Å²) in [6, 6.07) is 0. The number of rotatable bonds is 3. The summed E-state index contributed by atoms with van der Waals surface area (Å²) in [6.07, 6.45) is 3.60. The number of fused-ring (bicyclic) bond motifs is 5. The SMILES string of the molecule is COC(=O)[C@@H](OC(C)=O)[C@@]1(O)CC[C@@H]2[C@@H]3CC[C@@H]4C[C@H](O)CC[C@]4(C)[C@H]3C(=O)C[C@@]21C. The fourth-order valence-corrected chi connectivity index (χ4v) is 8.13. The first-order chi connectivity index (χ1) is 14.5. The lowest BCUT2D eigenvalue weighted by Crippen LogP contribution is -2.64. The molecule has 0 amide bonds. The molecule has 4 aliphatic rings. The van der Waals surface area contributed by atoms with E-state index >= 15 is 0 Å². The van der Waals surface area contributed by atoms with Gasteiger partial charge in [-0.1, -0.05) is 13.8 Å². The van der Waals surface area contributed by atoms with E-state index in [0.29, 0.717) is 12.3 Å². The van der Waals surface area contributed by atoms with Crippen molar-refractivity contribution in [2.24, 2.45) is 34.5 Å². The van der Waals surface area contributed by atoms with Gasteiger partial charge in [0.2, 0.25) is 6.10 Å². The van der Waals surface area contributed by atoms with Crippen molar-refractivity contribution in [2.75, 3.05) is 7.11 Å². The van der Waals surface area contributed by atoms with Gasteiger partial charge in [0.25, 0.3) is 0 Å². The molecule has 0 aromatic carbocycles. The third-order valence-corrected chi connectivity index (χ3v) is 9.67. The van der Waals surface area contributed by atoms with Crippen molar-refractivity contribution >= 4 is 17.7 Å². The van der Waals surface area contributed by atoms with Crippen LogP contribution in [0.25, 0.3) is 0 Å². The largest absolute Gasteiger partial charge is 0.466 e. The summed E-state index contributed by atoms with van der Waals surface area (Å²) in [5, 5.41) is 22.0. The second-order valence-electron chi connectivity index (χ2n) is 11.0. The van der Waals surface area contributed by atoms with Crippen LogP contribution in [0.1, 0.15) is 72.1 Å². The fraction of sp³-hybridized carbons (Fsp3) is 0.875. The Morgan fingerprint density at radius 2 is 1.84 bits per heavy atom. The molecule has 0 spiro atoms. The molecule has 4 aliphatic carbocycles. The van der Waals surface area contributed by atoms with Crippen molar-refractivity contribution in [3.8, 4) is 0 Å². The Morgan fingerprint density at radius 1 is 1.13 bits per heavy atom. The molecule has 0 saturated heterocycles. The summed E-state index contributed by atoms with van der Waals surface area (Å²) in [7, 11) is 1.21. The minimum Gasteiger partial charge on any atom is -0.466 e. The minimum absolute atomic E-state index is 0.0625. The molecule has 0 heterocycles. The normalized spacial score (nSPS) is 47.5. The maximum absolute atomic E-state index is 13.7. The molecule has 31 heavy (non-hydrogen) atoms. The maximum atomic E-state index is 13.7. The Hall–Kier alpha value is -1.47. The molecule has 0 aromatic rings. The lowest BCUT2D eigenvalue weighted by molar-refractivity contribution is -0.212. The highest BCUT2D eigenvalue weighted by Gasteiger charge is 2.70. The average molecular weight is 437 g/mol. The van der Waals surface area contributed by atoms with Gasteiger partial charge in [0.1, 0.15) is 11.4 Å². The van der Waals surface area contributed by atoms with Crippen LogP contribution < -0.4 is 0 Å².